The molecule has 0 rings (SSSR count). The van der Waals surface area contributed by atoms with E-state index in [1.165, 1.54) is 5.06 Å². The Labute approximate surface area is 78.4 Å². The largest absolute Gasteiger partial charge is 0.480 e. The second-order valence-corrected chi connectivity index (χ2v) is 3.75. The molecule has 0 aliphatic carbocycles. The fourth-order valence-electron chi connectivity index (χ4n) is 0.701. The minimum absolute atomic E-state index is 0.120. The van der Waals surface area contributed by atoms with Crippen molar-refractivity contribution in [2.75, 3.05) is 20.2 Å². The number of hydrogen-bond donors (Lipinski definition) is 2. The van der Waals surface area contributed by atoms with Gasteiger partial charge < -0.3 is 10.8 Å². The van der Waals surface area contributed by atoms with Gasteiger partial charge in [-0.1, -0.05) is 0 Å². The summed E-state index contributed by atoms with van der Waals surface area (Å²) in [6, 6.07) is 0. The van der Waals surface area contributed by atoms with Crippen LogP contribution in [0.3, 0.4) is 0 Å². The lowest BCUT2D eigenvalue weighted by molar-refractivity contribution is -0.167. The highest BCUT2D eigenvalue weighted by atomic mass is 16.7. The number of hydroxylamine groups is 2. The number of likely N-dealkylation sites (N-methyl/N-ethyl adjacent to an activating group) is 1. The summed E-state index contributed by atoms with van der Waals surface area (Å²) in [5.74, 6) is -0.908. The summed E-state index contributed by atoms with van der Waals surface area (Å²) >= 11 is 0. The van der Waals surface area contributed by atoms with Crippen molar-refractivity contribution in [1.82, 2.24) is 5.06 Å². The average Bonchev–Trinajstić information content (AvgIpc) is 1.81. The highest BCUT2D eigenvalue weighted by Gasteiger charge is 2.11. The van der Waals surface area contributed by atoms with Gasteiger partial charge in [0.2, 0.25) is 0 Å². The summed E-state index contributed by atoms with van der Waals surface area (Å²) in [5, 5.41) is 9.68. The van der Waals surface area contributed by atoms with Crippen molar-refractivity contribution in [2.24, 2.45) is 5.73 Å². The predicted molar refractivity (Wildman–Crippen MR) is 49.1 cm³/mol. The maximum absolute atomic E-state index is 10.2. The summed E-state index contributed by atoms with van der Waals surface area (Å²) in [7, 11) is 1.58. The molecule has 0 saturated heterocycles. The molecular formula is C8H18N2O3. The maximum Gasteiger partial charge on any atom is 0.320 e. The number of hydrogen-bond acceptors (Lipinski definition) is 4. The first-order valence-electron chi connectivity index (χ1n) is 4.16. The first kappa shape index (κ1) is 12.3. The van der Waals surface area contributed by atoms with Crippen LogP contribution in [0.4, 0.5) is 0 Å². The summed E-state index contributed by atoms with van der Waals surface area (Å²) in [6.45, 7) is 4.11. The minimum Gasteiger partial charge on any atom is -0.480 e. The van der Waals surface area contributed by atoms with E-state index in [0.29, 0.717) is 13.0 Å². The van der Waals surface area contributed by atoms with Crippen molar-refractivity contribution in [3.63, 3.8) is 0 Å². The van der Waals surface area contributed by atoms with Crippen LogP contribution in [0.5, 0.6) is 0 Å². The number of nitrogens with zero attached hydrogens (tertiary/aromatic N) is 1. The summed E-state index contributed by atoms with van der Waals surface area (Å²) in [4.78, 5) is 15.3. The highest BCUT2D eigenvalue weighted by molar-refractivity contribution is 5.68. The smallest absolute Gasteiger partial charge is 0.320 e. The van der Waals surface area contributed by atoms with E-state index in [0.717, 1.165) is 0 Å². The Kier molecular flexibility index (Phi) is 4.90. The van der Waals surface area contributed by atoms with Crippen molar-refractivity contribution in [1.29, 1.82) is 0 Å². The van der Waals surface area contributed by atoms with E-state index in [9.17, 15) is 4.79 Å². The van der Waals surface area contributed by atoms with Crippen molar-refractivity contribution in [3.05, 3.63) is 0 Å². The van der Waals surface area contributed by atoms with E-state index >= 15 is 0 Å². The van der Waals surface area contributed by atoms with Gasteiger partial charge in [0.25, 0.3) is 0 Å². The molecule has 13 heavy (non-hydrogen) atoms. The molecule has 3 N–H and O–H groups in total. The van der Waals surface area contributed by atoms with Gasteiger partial charge >= 0.3 is 5.97 Å². The summed E-state index contributed by atoms with van der Waals surface area (Å²) in [5.41, 5.74) is 5.43. The van der Waals surface area contributed by atoms with E-state index in [4.69, 9.17) is 15.7 Å². The first-order chi connectivity index (χ1) is 5.81. The Morgan fingerprint density at radius 1 is 1.62 bits per heavy atom. The lowest BCUT2D eigenvalue weighted by Gasteiger charge is -2.20. The Balaban J connectivity index is 3.48. The molecule has 0 unspecified atom stereocenters. The van der Waals surface area contributed by atoms with E-state index in [1.54, 1.807) is 7.05 Å². The van der Waals surface area contributed by atoms with Crippen molar-refractivity contribution >= 4 is 5.97 Å². The fraction of sp³-hybridized carbons (Fsp3) is 0.875. The molecule has 0 aromatic carbocycles. The SMILES string of the molecule is CN(CC(=O)O)OCCC(C)(C)N. The number of carbonyl (C=O) groups is 1. The maximum atomic E-state index is 10.2. The van der Waals surface area contributed by atoms with Gasteiger partial charge in [-0.05, 0) is 20.3 Å². The normalized spacial score (nSPS) is 12.1. The molecule has 0 heterocycles. The quantitative estimate of drug-likeness (QED) is 0.579. The first-order valence-corrected chi connectivity index (χ1v) is 4.16. The third-order valence-corrected chi connectivity index (χ3v) is 1.42. The molecule has 0 saturated carbocycles. The minimum atomic E-state index is -0.908. The van der Waals surface area contributed by atoms with Crippen molar-refractivity contribution < 1.29 is 14.7 Å². The molecule has 0 spiro atoms. The third-order valence-electron chi connectivity index (χ3n) is 1.42. The van der Waals surface area contributed by atoms with E-state index < -0.39 is 5.97 Å². The van der Waals surface area contributed by atoms with Crippen LogP contribution in [0.15, 0.2) is 0 Å². The molecule has 5 heteroatoms. The number of carboxylic acid groups (broad SMARTS) is 1. The molecule has 0 aliphatic rings. The Morgan fingerprint density at radius 3 is 2.54 bits per heavy atom. The molecule has 0 radical (unpaired) electrons. The van der Waals surface area contributed by atoms with Gasteiger partial charge in [0.05, 0.1) is 6.61 Å². The van der Waals surface area contributed by atoms with E-state index in [-0.39, 0.29) is 12.1 Å². The number of nitrogens with two attached hydrogens (primary N) is 1. The standard InChI is InChI=1S/C8H18N2O3/c1-8(2,9)4-5-13-10(3)6-7(11)12/h4-6,9H2,1-3H3,(H,11,12). The van der Waals surface area contributed by atoms with Gasteiger partial charge in [-0.15, -0.1) is 0 Å². The summed E-state index contributed by atoms with van der Waals surface area (Å²) in [6.07, 6.45) is 0.691. The number of rotatable bonds is 6. The zero-order valence-electron chi connectivity index (χ0n) is 8.41. The monoisotopic (exact) mass is 190 g/mol. The molecule has 0 atom stereocenters. The van der Waals surface area contributed by atoms with Crippen LogP contribution in [0.25, 0.3) is 0 Å². The third kappa shape index (κ3) is 9.26. The van der Waals surface area contributed by atoms with Crippen LogP contribution in [-0.4, -0.2) is 41.9 Å². The van der Waals surface area contributed by atoms with Gasteiger partial charge in [-0.3, -0.25) is 9.63 Å². The molecule has 0 bridgehead atoms. The second-order valence-electron chi connectivity index (χ2n) is 3.75. The Bertz CT molecular complexity index is 165. The van der Waals surface area contributed by atoms with Crippen LogP contribution in [0.2, 0.25) is 0 Å². The van der Waals surface area contributed by atoms with Gasteiger partial charge in [0, 0.05) is 12.6 Å². The second kappa shape index (κ2) is 5.16. The van der Waals surface area contributed by atoms with E-state index in [1.807, 2.05) is 13.8 Å². The van der Waals surface area contributed by atoms with Crippen LogP contribution in [-0.2, 0) is 9.63 Å². The average molecular weight is 190 g/mol. The topological polar surface area (TPSA) is 75.8 Å². The molecule has 78 valence electrons. The van der Waals surface area contributed by atoms with E-state index in [2.05, 4.69) is 0 Å². The fourth-order valence-corrected chi connectivity index (χ4v) is 0.701. The van der Waals surface area contributed by atoms with Crippen LogP contribution in [0.1, 0.15) is 20.3 Å². The number of carboxylic acids is 1. The molecule has 0 amide bonds. The number of aliphatic carboxylic acids is 1. The van der Waals surface area contributed by atoms with Crippen molar-refractivity contribution in [3.8, 4) is 0 Å². The predicted octanol–water partition coefficient (Wildman–Crippen LogP) is 0.0618. The lowest BCUT2D eigenvalue weighted by atomic mass is 10.0. The molecule has 0 aromatic heterocycles. The van der Waals surface area contributed by atoms with Gasteiger partial charge in [-0.25, -0.2) is 0 Å². The molecular weight excluding hydrogens is 172 g/mol. The van der Waals surface area contributed by atoms with Gasteiger partial charge in [0.1, 0.15) is 6.54 Å². The van der Waals surface area contributed by atoms with Crippen LogP contribution < -0.4 is 5.73 Å². The van der Waals surface area contributed by atoms with Gasteiger partial charge in [0.15, 0.2) is 0 Å². The Morgan fingerprint density at radius 2 is 2.15 bits per heavy atom. The van der Waals surface area contributed by atoms with Crippen molar-refractivity contribution in [2.45, 2.75) is 25.8 Å². The van der Waals surface area contributed by atoms with Crippen LogP contribution >= 0.6 is 0 Å². The Hall–Kier alpha value is -0.650. The summed E-state index contributed by atoms with van der Waals surface area (Å²) < 4.78 is 0. The molecule has 0 aromatic rings. The van der Waals surface area contributed by atoms with Crippen LogP contribution in [0, 0.1) is 0 Å². The molecule has 0 fully saturated rings. The molecule has 5 nitrogen and oxygen atoms in total. The molecule has 0 aliphatic heterocycles. The van der Waals surface area contributed by atoms with Gasteiger partial charge in [-0.2, -0.15) is 5.06 Å². The lowest BCUT2D eigenvalue weighted by Crippen LogP contribution is -2.35. The zero-order valence-corrected chi connectivity index (χ0v) is 8.41. The zero-order chi connectivity index (χ0) is 10.5. The highest BCUT2D eigenvalue weighted by Crippen LogP contribution is 2.03.